The topological polar surface area (TPSA) is 93.0 Å². The number of anilines is 2. The Morgan fingerprint density at radius 3 is 2.64 bits per heavy atom. The van der Waals surface area contributed by atoms with Gasteiger partial charge in [-0.3, -0.25) is 24.6 Å². The van der Waals surface area contributed by atoms with Crippen molar-refractivity contribution in [3.8, 4) is 5.75 Å². The fourth-order valence-corrected chi connectivity index (χ4v) is 2.85. The molecule has 146 valence electrons. The van der Waals surface area contributed by atoms with E-state index in [9.17, 15) is 28.5 Å². The number of amides is 2. The summed E-state index contributed by atoms with van der Waals surface area (Å²) in [6, 6.07) is 6.77. The van der Waals surface area contributed by atoms with Crippen LogP contribution in [0.4, 0.5) is 25.8 Å². The van der Waals surface area contributed by atoms with Gasteiger partial charge < -0.3 is 9.64 Å². The van der Waals surface area contributed by atoms with Crippen LogP contribution in [0.1, 0.15) is 6.92 Å². The SMILES string of the molecule is CCN(C(=O)CN1C(=O)COc2ccc([N+](=O)[O-])cc21)c1ccc(F)c(F)c1. The van der Waals surface area contributed by atoms with Crippen LogP contribution in [0.3, 0.4) is 0 Å². The van der Waals surface area contributed by atoms with E-state index in [2.05, 4.69) is 0 Å². The van der Waals surface area contributed by atoms with Gasteiger partial charge in [-0.25, -0.2) is 8.78 Å². The molecule has 0 spiro atoms. The maximum atomic E-state index is 13.5. The molecule has 2 amide bonds. The van der Waals surface area contributed by atoms with Crippen LogP contribution in [0.5, 0.6) is 5.75 Å². The first-order chi connectivity index (χ1) is 13.3. The number of non-ortho nitro benzene ring substituents is 1. The van der Waals surface area contributed by atoms with Gasteiger partial charge in [0.25, 0.3) is 11.6 Å². The van der Waals surface area contributed by atoms with Crippen LogP contribution in [0, 0.1) is 21.7 Å². The summed E-state index contributed by atoms with van der Waals surface area (Å²) in [6.45, 7) is 1.02. The molecule has 2 aromatic rings. The molecule has 0 unspecified atom stereocenters. The van der Waals surface area contributed by atoms with Crippen molar-refractivity contribution in [2.75, 3.05) is 29.5 Å². The van der Waals surface area contributed by atoms with Crippen LogP contribution in [-0.4, -0.2) is 36.4 Å². The molecule has 0 fully saturated rings. The molecular weight excluding hydrogens is 376 g/mol. The van der Waals surface area contributed by atoms with Crippen molar-refractivity contribution in [2.24, 2.45) is 0 Å². The van der Waals surface area contributed by atoms with Gasteiger partial charge >= 0.3 is 0 Å². The number of hydrogen-bond donors (Lipinski definition) is 0. The molecule has 1 aliphatic rings. The standard InChI is InChI=1S/C18H15F2N3O5/c1-2-21(11-3-5-13(19)14(20)7-11)17(24)9-22-15-8-12(23(26)27)4-6-16(15)28-10-18(22)25/h3-8H,2,9-10H2,1H3. The van der Waals surface area contributed by atoms with E-state index >= 15 is 0 Å². The van der Waals surface area contributed by atoms with Gasteiger partial charge in [-0.15, -0.1) is 0 Å². The van der Waals surface area contributed by atoms with Crippen LogP contribution < -0.4 is 14.5 Å². The lowest BCUT2D eigenvalue weighted by molar-refractivity contribution is -0.384. The summed E-state index contributed by atoms with van der Waals surface area (Å²) >= 11 is 0. The first kappa shape index (κ1) is 19.2. The molecule has 28 heavy (non-hydrogen) atoms. The normalized spacial score (nSPS) is 13.0. The van der Waals surface area contributed by atoms with Crippen molar-refractivity contribution < 1.29 is 28.0 Å². The minimum atomic E-state index is -1.10. The number of nitro benzene ring substituents is 1. The second-order valence-corrected chi connectivity index (χ2v) is 5.91. The van der Waals surface area contributed by atoms with Gasteiger partial charge in [0, 0.05) is 30.4 Å². The summed E-state index contributed by atoms with van der Waals surface area (Å²) in [5.74, 6) is -3.04. The summed E-state index contributed by atoms with van der Waals surface area (Å²) < 4.78 is 31.9. The molecule has 1 aliphatic heterocycles. The van der Waals surface area contributed by atoms with Crippen molar-refractivity contribution in [3.05, 3.63) is 58.1 Å². The second kappa shape index (κ2) is 7.59. The van der Waals surface area contributed by atoms with Crippen LogP contribution in [0.2, 0.25) is 0 Å². The Kier molecular flexibility index (Phi) is 5.21. The molecule has 1 heterocycles. The van der Waals surface area contributed by atoms with Gasteiger partial charge in [0.15, 0.2) is 18.2 Å². The molecule has 0 aromatic heterocycles. The highest BCUT2D eigenvalue weighted by molar-refractivity contribution is 6.06. The number of halogens is 2. The maximum absolute atomic E-state index is 13.5. The third-order valence-electron chi connectivity index (χ3n) is 4.22. The Balaban J connectivity index is 1.90. The third kappa shape index (κ3) is 3.61. The fourth-order valence-electron chi connectivity index (χ4n) is 2.85. The number of nitrogens with zero attached hydrogens (tertiary/aromatic N) is 3. The number of likely N-dealkylation sites (N-methyl/N-ethyl adjacent to an activating group) is 1. The monoisotopic (exact) mass is 391 g/mol. The van der Waals surface area contributed by atoms with E-state index in [-0.39, 0.29) is 36.0 Å². The minimum absolute atomic E-state index is 0.0974. The number of benzene rings is 2. The Labute approximate surface area is 158 Å². The fraction of sp³-hybridized carbons (Fsp3) is 0.222. The molecule has 3 rings (SSSR count). The van der Waals surface area contributed by atoms with Crippen molar-refractivity contribution in [1.29, 1.82) is 0 Å². The molecule has 0 radical (unpaired) electrons. The number of ether oxygens (including phenoxy) is 1. The van der Waals surface area contributed by atoms with Gasteiger partial charge in [-0.1, -0.05) is 0 Å². The van der Waals surface area contributed by atoms with E-state index in [0.717, 1.165) is 23.1 Å². The lowest BCUT2D eigenvalue weighted by atomic mass is 10.2. The quantitative estimate of drug-likeness (QED) is 0.577. The summed E-state index contributed by atoms with van der Waals surface area (Å²) in [5, 5.41) is 11.0. The highest BCUT2D eigenvalue weighted by Gasteiger charge is 2.30. The van der Waals surface area contributed by atoms with Gasteiger partial charge in [-0.2, -0.15) is 0 Å². The van der Waals surface area contributed by atoms with Crippen molar-refractivity contribution in [1.82, 2.24) is 0 Å². The first-order valence-corrected chi connectivity index (χ1v) is 8.28. The van der Waals surface area contributed by atoms with Crippen LogP contribution in [0.25, 0.3) is 0 Å². The summed E-state index contributed by atoms with van der Waals surface area (Å²) in [4.78, 5) is 37.7. The molecule has 2 aromatic carbocycles. The Hall–Kier alpha value is -3.56. The lowest BCUT2D eigenvalue weighted by Gasteiger charge is -2.31. The highest BCUT2D eigenvalue weighted by atomic mass is 19.2. The molecule has 0 saturated heterocycles. The molecule has 0 saturated carbocycles. The second-order valence-electron chi connectivity index (χ2n) is 5.91. The first-order valence-electron chi connectivity index (χ1n) is 8.28. The Bertz CT molecular complexity index is 966. The van der Waals surface area contributed by atoms with Crippen molar-refractivity contribution in [3.63, 3.8) is 0 Å². The maximum Gasteiger partial charge on any atom is 0.271 e. The van der Waals surface area contributed by atoms with Crippen molar-refractivity contribution >= 4 is 28.9 Å². The van der Waals surface area contributed by atoms with Crippen LogP contribution >= 0.6 is 0 Å². The van der Waals surface area contributed by atoms with E-state index in [0.29, 0.717) is 0 Å². The zero-order chi connectivity index (χ0) is 20.4. The summed E-state index contributed by atoms with van der Waals surface area (Å²) in [6.07, 6.45) is 0. The molecule has 0 aliphatic carbocycles. The highest BCUT2D eigenvalue weighted by Crippen LogP contribution is 2.35. The van der Waals surface area contributed by atoms with E-state index in [1.807, 2.05) is 0 Å². The summed E-state index contributed by atoms with van der Waals surface area (Å²) in [7, 11) is 0. The third-order valence-corrected chi connectivity index (χ3v) is 4.22. The molecule has 0 atom stereocenters. The Morgan fingerprint density at radius 2 is 2.00 bits per heavy atom. The number of fused-ring (bicyclic) bond motifs is 1. The van der Waals surface area contributed by atoms with Gasteiger partial charge in [0.1, 0.15) is 12.3 Å². The number of hydrogen-bond acceptors (Lipinski definition) is 5. The van der Waals surface area contributed by atoms with E-state index < -0.39 is 34.9 Å². The van der Waals surface area contributed by atoms with Gasteiger partial charge in [0.05, 0.1) is 10.6 Å². The average Bonchev–Trinajstić information content (AvgIpc) is 2.67. The zero-order valence-electron chi connectivity index (χ0n) is 14.7. The zero-order valence-corrected chi connectivity index (χ0v) is 14.7. The van der Waals surface area contributed by atoms with E-state index in [4.69, 9.17) is 4.74 Å². The predicted octanol–water partition coefficient (Wildman–Crippen LogP) is 2.65. The van der Waals surface area contributed by atoms with Crippen LogP contribution in [0.15, 0.2) is 36.4 Å². The average molecular weight is 391 g/mol. The van der Waals surface area contributed by atoms with Gasteiger partial charge in [-0.05, 0) is 25.1 Å². The Morgan fingerprint density at radius 1 is 1.25 bits per heavy atom. The molecule has 10 heteroatoms. The number of carbonyl (C=O) groups is 2. The summed E-state index contributed by atoms with van der Waals surface area (Å²) in [5.41, 5.74) is -0.0334. The smallest absolute Gasteiger partial charge is 0.271 e. The largest absolute Gasteiger partial charge is 0.482 e. The number of carbonyl (C=O) groups excluding carboxylic acids is 2. The van der Waals surface area contributed by atoms with E-state index in [1.165, 1.54) is 23.1 Å². The lowest BCUT2D eigenvalue weighted by Crippen LogP contribution is -2.46. The van der Waals surface area contributed by atoms with E-state index in [1.54, 1.807) is 6.92 Å². The molecular formula is C18H15F2N3O5. The van der Waals surface area contributed by atoms with Crippen LogP contribution in [-0.2, 0) is 9.59 Å². The van der Waals surface area contributed by atoms with Crippen molar-refractivity contribution in [2.45, 2.75) is 6.92 Å². The van der Waals surface area contributed by atoms with Gasteiger partial charge in [0.2, 0.25) is 5.91 Å². The molecule has 0 N–H and O–H groups in total. The molecule has 8 nitrogen and oxygen atoms in total. The number of nitro groups is 1. The minimum Gasteiger partial charge on any atom is -0.482 e. The predicted molar refractivity (Wildman–Crippen MR) is 95.3 cm³/mol. The molecule has 0 bridgehead atoms. The number of rotatable bonds is 5.